The monoisotopic (exact) mass is 198 g/mol. The van der Waals surface area contributed by atoms with Crippen molar-refractivity contribution >= 4 is 5.91 Å². The van der Waals surface area contributed by atoms with Crippen LogP contribution in [-0.2, 0) is 6.54 Å². The van der Waals surface area contributed by atoms with E-state index in [2.05, 4.69) is 10.1 Å². The van der Waals surface area contributed by atoms with Crippen molar-refractivity contribution in [3.63, 3.8) is 0 Å². The molecule has 78 valence electrons. The van der Waals surface area contributed by atoms with E-state index in [4.69, 9.17) is 10.8 Å². The molecule has 1 rings (SSSR count). The van der Waals surface area contributed by atoms with Gasteiger partial charge in [0.05, 0.1) is 0 Å². The number of rotatable bonds is 6. The van der Waals surface area contributed by atoms with Crippen LogP contribution in [0.2, 0.25) is 0 Å². The lowest BCUT2D eigenvalue weighted by molar-refractivity contribution is 0.0990. The average Bonchev–Trinajstić information content (AvgIpc) is 2.61. The molecule has 0 spiro atoms. The van der Waals surface area contributed by atoms with Crippen LogP contribution in [0.15, 0.2) is 6.33 Å². The van der Waals surface area contributed by atoms with E-state index in [1.54, 1.807) is 4.68 Å². The van der Waals surface area contributed by atoms with Crippen molar-refractivity contribution in [1.82, 2.24) is 14.8 Å². The minimum absolute atomic E-state index is 0.0483. The molecule has 3 N–H and O–H groups in total. The summed E-state index contributed by atoms with van der Waals surface area (Å²) in [6.45, 7) is 0.907. The first-order valence-electron chi connectivity index (χ1n) is 4.54. The third-order valence-corrected chi connectivity index (χ3v) is 1.80. The molecule has 0 aliphatic rings. The number of nitrogens with zero attached hydrogens (tertiary/aromatic N) is 3. The van der Waals surface area contributed by atoms with E-state index < -0.39 is 5.91 Å². The maximum absolute atomic E-state index is 10.6. The zero-order valence-electron chi connectivity index (χ0n) is 7.89. The molecule has 0 saturated heterocycles. The van der Waals surface area contributed by atoms with Gasteiger partial charge in [0.2, 0.25) is 5.82 Å². The SMILES string of the molecule is NC(=O)c1ncn(CCCCCO)n1. The van der Waals surface area contributed by atoms with Crippen LogP contribution in [0.5, 0.6) is 0 Å². The Balaban J connectivity index is 2.33. The molecule has 0 bridgehead atoms. The maximum Gasteiger partial charge on any atom is 0.288 e. The Kier molecular flexibility index (Phi) is 4.06. The summed E-state index contributed by atoms with van der Waals surface area (Å²) in [5.41, 5.74) is 4.99. The largest absolute Gasteiger partial charge is 0.396 e. The summed E-state index contributed by atoms with van der Waals surface area (Å²) >= 11 is 0. The molecule has 0 aliphatic heterocycles. The zero-order valence-corrected chi connectivity index (χ0v) is 7.89. The van der Waals surface area contributed by atoms with Crippen molar-refractivity contribution in [2.45, 2.75) is 25.8 Å². The number of amides is 1. The topological polar surface area (TPSA) is 94.0 Å². The number of aryl methyl sites for hydroxylation is 1. The molecule has 1 heterocycles. The molecule has 0 radical (unpaired) electrons. The second-order valence-electron chi connectivity index (χ2n) is 2.98. The molecule has 0 atom stereocenters. The number of aromatic nitrogens is 3. The number of carbonyl (C=O) groups excluding carboxylic acids is 1. The fraction of sp³-hybridized carbons (Fsp3) is 0.625. The minimum atomic E-state index is -0.612. The fourth-order valence-corrected chi connectivity index (χ4v) is 1.08. The molecular formula is C8H14N4O2. The van der Waals surface area contributed by atoms with E-state index in [0.717, 1.165) is 19.3 Å². The third kappa shape index (κ3) is 3.14. The lowest BCUT2D eigenvalue weighted by Crippen LogP contribution is -2.13. The number of nitrogens with two attached hydrogens (primary N) is 1. The number of hydrogen-bond acceptors (Lipinski definition) is 4. The quantitative estimate of drug-likeness (QED) is 0.605. The predicted molar refractivity (Wildman–Crippen MR) is 49.5 cm³/mol. The number of carbonyl (C=O) groups is 1. The van der Waals surface area contributed by atoms with Gasteiger partial charge in [0.25, 0.3) is 5.91 Å². The highest BCUT2D eigenvalue weighted by Crippen LogP contribution is 1.97. The summed E-state index contributed by atoms with van der Waals surface area (Å²) in [5, 5.41) is 12.4. The average molecular weight is 198 g/mol. The highest BCUT2D eigenvalue weighted by Gasteiger charge is 2.05. The first-order valence-corrected chi connectivity index (χ1v) is 4.54. The summed E-state index contributed by atoms with van der Waals surface area (Å²) in [4.78, 5) is 14.4. The van der Waals surface area contributed by atoms with Crippen LogP contribution in [0.3, 0.4) is 0 Å². The van der Waals surface area contributed by atoms with Crippen LogP contribution in [0.1, 0.15) is 29.9 Å². The van der Waals surface area contributed by atoms with Gasteiger partial charge in [-0.15, -0.1) is 5.10 Å². The first-order chi connectivity index (χ1) is 6.74. The fourth-order valence-electron chi connectivity index (χ4n) is 1.08. The van der Waals surface area contributed by atoms with Crippen molar-refractivity contribution in [2.24, 2.45) is 5.73 Å². The molecule has 0 unspecified atom stereocenters. The maximum atomic E-state index is 10.6. The predicted octanol–water partition coefficient (Wildman–Crippen LogP) is -0.460. The Hall–Kier alpha value is -1.43. The number of aliphatic hydroxyl groups is 1. The Morgan fingerprint density at radius 1 is 1.50 bits per heavy atom. The molecule has 6 heteroatoms. The summed E-state index contributed by atoms with van der Waals surface area (Å²) in [7, 11) is 0. The molecule has 1 aromatic rings. The summed E-state index contributed by atoms with van der Waals surface area (Å²) in [6.07, 6.45) is 4.11. The molecule has 0 aliphatic carbocycles. The highest BCUT2D eigenvalue weighted by atomic mass is 16.2. The Morgan fingerprint density at radius 3 is 2.86 bits per heavy atom. The second kappa shape index (κ2) is 5.33. The Morgan fingerprint density at radius 2 is 2.29 bits per heavy atom. The van der Waals surface area contributed by atoms with Crippen LogP contribution < -0.4 is 5.73 Å². The molecule has 14 heavy (non-hydrogen) atoms. The van der Waals surface area contributed by atoms with E-state index in [9.17, 15) is 4.79 Å². The second-order valence-corrected chi connectivity index (χ2v) is 2.98. The van der Waals surface area contributed by atoms with E-state index >= 15 is 0 Å². The smallest absolute Gasteiger partial charge is 0.288 e. The number of primary amides is 1. The highest BCUT2D eigenvalue weighted by molar-refractivity contribution is 5.88. The molecule has 1 amide bonds. The standard InChI is InChI=1S/C8H14N4O2/c9-7(14)8-10-6-12(11-8)4-2-1-3-5-13/h6,13H,1-5H2,(H2,9,14). The lowest BCUT2D eigenvalue weighted by Gasteiger charge is -1.98. The summed E-state index contributed by atoms with van der Waals surface area (Å²) in [6, 6.07) is 0. The Labute approximate surface area is 81.7 Å². The number of hydrogen-bond donors (Lipinski definition) is 2. The van der Waals surface area contributed by atoms with E-state index in [0.29, 0.717) is 6.54 Å². The summed E-state index contributed by atoms with van der Waals surface area (Å²) < 4.78 is 1.58. The van der Waals surface area contributed by atoms with Crippen molar-refractivity contribution < 1.29 is 9.90 Å². The number of aliphatic hydroxyl groups excluding tert-OH is 1. The van der Waals surface area contributed by atoms with Crippen molar-refractivity contribution in [2.75, 3.05) is 6.61 Å². The van der Waals surface area contributed by atoms with Crippen LogP contribution in [-0.4, -0.2) is 32.4 Å². The molecule has 0 aromatic carbocycles. The third-order valence-electron chi connectivity index (χ3n) is 1.80. The van der Waals surface area contributed by atoms with Gasteiger partial charge in [-0.1, -0.05) is 0 Å². The van der Waals surface area contributed by atoms with Crippen LogP contribution in [0, 0.1) is 0 Å². The van der Waals surface area contributed by atoms with E-state index in [-0.39, 0.29) is 12.4 Å². The minimum Gasteiger partial charge on any atom is -0.396 e. The van der Waals surface area contributed by atoms with Gasteiger partial charge < -0.3 is 10.8 Å². The van der Waals surface area contributed by atoms with Gasteiger partial charge in [-0.25, -0.2) is 4.98 Å². The van der Waals surface area contributed by atoms with Crippen LogP contribution in [0.25, 0.3) is 0 Å². The zero-order chi connectivity index (χ0) is 10.4. The van der Waals surface area contributed by atoms with Crippen LogP contribution in [0.4, 0.5) is 0 Å². The van der Waals surface area contributed by atoms with Crippen molar-refractivity contribution in [1.29, 1.82) is 0 Å². The van der Waals surface area contributed by atoms with Gasteiger partial charge in [-0.05, 0) is 19.3 Å². The van der Waals surface area contributed by atoms with Crippen LogP contribution >= 0.6 is 0 Å². The molecule has 1 aromatic heterocycles. The van der Waals surface area contributed by atoms with Crippen molar-refractivity contribution in [3.8, 4) is 0 Å². The molecule has 0 saturated carbocycles. The van der Waals surface area contributed by atoms with Gasteiger partial charge >= 0.3 is 0 Å². The van der Waals surface area contributed by atoms with Gasteiger partial charge in [-0.3, -0.25) is 9.48 Å². The normalized spacial score (nSPS) is 10.4. The Bertz CT molecular complexity index is 297. The lowest BCUT2D eigenvalue weighted by atomic mass is 10.2. The van der Waals surface area contributed by atoms with Gasteiger partial charge in [0.15, 0.2) is 0 Å². The van der Waals surface area contributed by atoms with Crippen molar-refractivity contribution in [3.05, 3.63) is 12.2 Å². The molecule has 0 fully saturated rings. The molecular weight excluding hydrogens is 184 g/mol. The van der Waals surface area contributed by atoms with E-state index in [1.165, 1.54) is 6.33 Å². The summed E-state index contributed by atoms with van der Waals surface area (Å²) in [5.74, 6) is -0.564. The number of unbranched alkanes of at least 4 members (excludes halogenated alkanes) is 2. The van der Waals surface area contributed by atoms with Gasteiger partial charge in [0.1, 0.15) is 6.33 Å². The van der Waals surface area contributed by atoms with Gasteiger partial charge in [-0.2, -0.15) is 0 Å². The van der Waals surface area contributed by atoms with E-state index in [1.807, 2.05) is 0 Å². The first kappa shape index (κ1) is 10.6. The molecule has 6 nitrogen and oxygen atoms in total. The van der Waals surface area contributed by atoms with Gasteiger partial charge in [0, 0.05) is 13.2 Å².